The van der Waals surface area contributed by atoms with E-state index in [1.165, 1.54) is 6.20 Å². The maximum atomic E-state index is 11.0. The van der Waals surface area contributed by atoms with E-state index in [0.29, 0.717) is 0 Å². The highest BCUT2D eigenvalue weighted by Gasteiger charge is 2.16. The highest BCUT2D eigenvalue weighted by molar-refractivity contribution is 6.03. The van der Waals surface area contributed by atoms with Gasteiger partial charge >= 0.3 is 5.97 Å². The zero-order valence-electron chi connectivity index (χ0n) is 8.90. The summed E-state index contributed by atoms with van der Waals surface area (Å²) in [6.07, 6.45) is 1.53. The molecule has 0 saturated carbocycles. The normalized spacial score (nSPS) is 10.9. The first-order valence-electron chi connectivity index (χ1n) is 4.68. The van der Waals surface area contributed by atoms with Crippen molar-refractivity contribution in [1.29, 1.82) is 0 Å². The third-order valence-electron chi connectivity index (χ3n) is 2.91. The minimum atomic E-state index is -0.977. The standard InChI is InChI=1S/C11H12N2O2/c1-6-7(2)13(3)8-4-5-12-10(9(6)8)11(14)15/h4-5H,1-3H3,(H,14,15). The maximum Gasteiger partial charge on any atom is 0.355 e. The SMILES string of the molecule is Cc1c(C)n(C)c2ccnc(C(=O)O)c12. The van der Waals surface area contributed by atoms with Crippen LogP contribution in [0.3, 0.4) is 0 Å². The van der Waals surface area contributed by atoms with Crippen molar-refractivity contribution in [2.45, 2.75) is 13.8 Å². The van der Waals surface area contributed by atoms with Gasteiger partial charge in [0.05, 0.1) is 5.52 Å². The van der Waals surface area contributed by atoms with Gasteiger partial charge in [-0.3, -0.25) is 0 Å². The first-order valence-corrected chi connectivity index (χ1v) is 4.68. The van der Waals surface area contributed by atoms with Crippen molar-refractivity contribution in [1.82, 2.24) is 9.55 Å². The molecule has 0 unspecified atom stereocenters. The zero-order valence-corrected chi connectivity index (χ0v) is 8.90. The summed E-state index contributed by atoms with van der Waals surface area (Å²) < 4.78 is 1.98. The lowest BCUT2D eigenvalue weighted by molar-refractivity contribution is 0.0693. The Balaban J connectivity index is 2.98. The van der Waals surface area contributed by atoms with Crippen LogP contribution in [0.25, 0.3) is 10.9 Å². The smallest absolute Gasteiger partial charge is 0.355 e. The maximum absolute atomic E-state index is 11.0. The predicted molar refractivity (Wildman–Crippen MR) is 57.1 cm³/mol. The molecule has 4 heteroatoms. The van der Waals surface area contributed by atoms with Crippen molar-refractivity contribution in [2.24, 2.45) is 7.05 Å². The summed E-state index contributed by atoms with van der Waals surface area (Å²) in [5, 5.41) is 9.78. The molecular weight excluding hydrogens is 192 g/mol. The van der Waals surface area contributed by atoms with E-state index in [0.717, 1.165) is 22.2 Å². The molecule has 0 aliphatic heterocycles. The molecule has 0 fully saturated rings. The summed E-state index contributed by atoms with van der Waals surface area (Å²) in [7, 11) is 1.93. The van der Waals surface area contributed by atoms with E-state index in [2.05, 4.69) is 4.98 Å². The Kier molecular flexibility index (Phi) is 2.00. The van der Waals surface area contributed by atoms with Crippen LogP contribution in [0.2, 0.25) is 0 Å². The Morgan fingerprint density at radius 2 is 2.13 bits per heavy atom. The molecule has 2 aromatic heterocycles. The fourth-order valence-corrected chi connectivity index (χ4v) is 1.88. The van der Waals surface area contributed by atoms with Gasteiger partial charge in [-0.2, -0.15) is 0 Å². The van der Waals surface area contributed by atoms with Gasteiger partial charge in [-0.05, 0) is 25.5 Å². The lowest BCUT2D eigenvalue weighted by Gasteiger charge is -1.98. The molecule has 0 aliphatic carbocycles. The van der Waals surface area contributed by atoms with E-state index in [1.807, 2.05) is 31.5 Å². The number of aromatic carboxylic acids is 1. The van der Waals surface area contributed by atoms with E-state index >= 15 is 0 Å². The fourth-order valence-electron chi connectivity index (χ4n) is 1.88. The number of hydrogen-bond acceptors (Lipinski definition) is 2. The third kappa shape index (κ3) is 1.21. The average molecular weight is 204 g/mol. The molecule has 78 valence electrons. The highest BCUT2D eigenvalue weighted by atomic mass is 16.4. The molecule has 2 aromatic rings. The van der Waals surface area contributed by atoms with E-state index in [4.69, 9.17) is 5.11 Å². The number of carbonyl (C=O) groups is 1. The molecule has 0 spiro atoms. The van der Waals surface area contributed by atoms with Crippen molar-refractivity contribution in [3.05, 3.63) is 29.2 Å². The summed E-state index contributed by atoms with van der Waals surface area (Å²) in [6, 6.07) is 1.84. The van der Waals surface area contributed by atoms with Gasteiger partial charge in [0.2, 0.25) is 0 Å². The molecule has 0 saturated heterocycles. The molecule has 0 radical (unpaired) electrons. The molecule has 2 heterocycles. The first-order chi connectivity index (χ1) is 7.04. The van der Waals surface area contributed by atoms with Gasteiger partial charge in [-0.25, -0.2) is 9.78 Å². The number of carboxylic acids is 1. The first kappa shape index (κ1) is 9.71. The van der Waals surface area contributed by atoms with Crippen LogP contribution in [0.1, 0.15) is 21.7 Å². The summed E-state index contributed by atoms with van der Waals surface area (Å²) in [5.41, 5.74) is 3.10. The molecule has 15 heavy (non-hydrogen) atoms. The van der Waals surface area contributed by atoms with E-state index < -0.39 is 5.97 Å². The van der Waals surface area contributed by atoms with Gasteiger partial charge < -0.3 is 9.67 Å². The van der Waals surface area contributed by atoms with Crippen LogP contribution < -0.4 is 0 Å². The largest absolute Gasteiger partial charge is 0.476 e. The number of hydrogen-bond donors (Lipinski definition) is 1. The number of aryl methyl sites for hydroxylation is 2. The molecule has 0 atom stereocenters. The van der Waals surface area contributed by atoms with Gasteiger partial charge in [0.15, 0.2) is 5.69 Å². The van der Waals surface area contributed by atoms with E-state index in [9.17, 15) is 4.79 Å². The molecule has 0 aliphatic rings. The van der Waals surface area contributed by atoms with Crippen LogP contribution in [0.4, 0.5) is 0 Å². The van der Waals surface area contributed by atoms with E-state index in [1.54, 1.807) is 0 Å². The Bertz CT molecular complexity index is 555. The monoisotopic (exact) mass is 204 g/mol. The van der Waals surface area contributed by atoms with Crippen molar-refractivity contribution < 1.29 is 9.90 Å². The van der Waals surface area contributed by atoms with Gasteiger partial charge in [-0.15, -0.1) is 0 Å². The summed E-state index contributed by atoms with van der Waals surface area (Å²) in [5.74, 6) is -0.977. The quantitative estimate of drug-likeness (QED) is 0.771. The summed E-state index contributed by atoms with van der Waals surface area (Å²) in [4.78, 5) is 14.9. The van der Waals surface area contributed by atoms with Crippen LogP contribution in [0, 0.1) is 13.8 Å². The lowest BCUT2D eigenvalue weighted by atomic mass is 10.1. The topological polar surface area (TPSA) is 55.1 Å². The van der Waals surface area contributed by atoms with Crippen LogP contribution in [0.5, 0.6) is 0 Å². The third-order valence-corrected chi connectivity index (χ3v) is 2.91. The van der Waals surface area contributed by atoms with Crippen LogP contribution >= 0.6 is 0 Å². The summed E-state index contributed by atoms with van der Waals surface area (Å²) in [6.45, 7) is 3.90. The van der Waals surface area contributed by atoms with Crippen LogP contribution in [-0.2, 0) is 7.05 Å². The molecule has 4 nitrogen and oxygen atoms in total. The fraction of sp³-hybridized carbons (Fsp3) is 0.273. The zero-order chi connectivity index (χ0) is 11.2. The van der Waals surface area contributed by atoms with Gasteiger partial charge in [0.25, 0.3) is 0 Å². The molecule has 1 N–H and O–H groups in total. The minimum absolute atomic E-state index is 0.133. The van der Waals surface area contributed by atoms with Crippen molar-refractivity contribution >= 4 is 16.9 Å². The van der Waals surface area contributed by atoms with Crippen molar-refractivity contribution in [3.8, 4) is 0 Å². The lowest BCUT2D eigenvalue weighted by Crippen LogP contribution is -2.01. The Labute approximate surface area is 87.2 Å². The van der Waals surface area contributed by atoms with Crippen molar-refractivity contribution in [3.63, 3.8) is 0 Å². The molecule has 2 rings (SSSR count). The Morgan fingerprint density at radius 3 is 2.73 bits per heavy atom. The molecule has 0 aromatic carbocycles. The van der Waals surface area contributed by atoms with Crippen LogP contribution in [0.15, 0.2) is 12.3 Å². The number of carboxylic acid groups (broad SMARTS) is 1. The molecule has 0 amide bonds. The van der Waals surface area contributed by atoms with Gasteiger partial charge in [0.1, 0.15) is 0 Å². The number of nitrogens with zero attached hydrogens (tertiary/aromatic N) is 2. The Hall–Kier alpha value is -1.84. The minimum Gasteiger partial charge on any atom is -0.476 e. The summed E-state index contributed by atoms with van der Waals surface area (Å²) >= 11 is 0. The second kappa shape index (κ2) is 3.08. The second-order valence-electron chi connectivity index (χ2n) is 3.63. The van der Waals surface area contributed by atoms with Gasteiger partial charge in [0, 0.05) is 24.3 Å². The number of aromatic nitrogens is 2. The van der Waals surface area contributed by atoms with Gasteiger partial charge in [-0.1, -0.05) is 0 Å². The number of pyridine rings is 1. The number of rotatable bonds is 1. The Morgan fingerprint density at radius 1 is 1.47 bits per heavy atom. The average Bonchev–Trinajstić information content (AvgIpc) is 2.44. The molecular formula is C11H12N2O2. The second-order valence-corrected chi connectivity index (χ2v) is 3.63. The number of fused-ring (bicyclic) bond motifs is 1. The van der Waals surface area contributed by atoms with E-state index in [-0.39, 0.29) is 5.69 Å². The molecule has 0 bridgehead atoms. The highest BCUT2D eigenvalue weighted by Crippen LogP contribution is 2.25. The van der Waals surface area contributed by atoms with Crippen molar-refractivity contribution in [2.75, 3.05) is 0 Å². The predicted octanol–water partition coefficient (Wildman–Crippen LogP) is 1.89. The van der Waals surface area contributed by atoms with Crippen LogP contribution in [-0.4, -0.2) is 20.6 Å².